The van der Waals surface area contributed by atoms with Crippen molar-refractivity contribution in [2.24, 2.45) is 5.73 Å². The van der Waals surface area contributed by atoms with E-state index in [1.165, 1.54) is 0 Å². The quantitative estimate of drug-likeness (QED) is 0.676. The number of hydrogen-bond donors (Lipinski definition) is 2. The highest BCUT2D eigenvalue weighted by Crippen LogP contribution is 2.17. The zero-order valence-corrected chi connectivity index (χ0v) is 9.16. The van der Waals surface area contributed by atoms with Gasteiger partial charge in [0.25, 0.3) is 0 Å². The first-order valence-corrected chi connectivity index (χ1v) is 7.22. The summed E-state index contributed by atoms with van der Waals surface area (Å²) in [7, 11) is -3.07. The monoisotopic (exact) mass is 224 g/mol. The lowest BCUT2D eigenvalue weighted by atomic mass is 10.3. The van der Waals surface area contributed by atoms with E-state index in [9.17, 15) is 8.42 Å². The summed E-state index contributed by atoms with van der Waals surface area (Å²) in [6.07, 6.45) is 1.49. The number of rotatable bonds is 5. The Balaban J connectivity index is 2.32. The van der Waals surface area contributed by atoms with Crippen molar-refractivity contribution in [1.29, 1.82) is 0 Å². The van der Waals surface area contributed by atoms with Crippen LogP contribution >= 0.6 is 11.8 Å². The predicted octanol–water partition coefficient (Wildman–Crippen LogP) is -0.240. The molecule has 6 heteroatoms. The van der Waals surface area contributed by atoms with Gasteiger partial charge in [0.1, 0.15) is 0 Å². The Morgan fingerprint density at radius 1 is 1.54 bits per heavy atom. The molecule has 1 saturated heterocycles. The lowest BCUT2D eigenvalue weighted by Gasteiger charge is -2.10. The van der Waals surface area contributed by atoms with Crippen LogP contribution in [0.3, 0.4) is 0 Å². The van der Waals surface area contributed by atoms with Crippen molar-refractivity contribution >= 4 is 21.8 Å². The molecule has 13 heavy (non-hydrogen) atoms. The van der Waals surface area contributed by atoms with Gasteiger partial charge in [-0.25, -0.2) is 13.1 Å². The van der Waals surface area contributed by atoms with Gasteiger partial charge in [-0.15, -0.1) is 0 Å². The van der Waals surface area contributed by atoms with Crippen molar-refractivity contribution in [3.63, 3.8) is 0 Å². The molecule has 3 N–H and O–H groups in total. The van der Waals surface area contributed by atoms with Crippen LogP contribution in [0, 0.1) is 0 Å². The molecule has 1 rings (SSSR count). The molecular formula is C7H16N2O2S2. The standard InChI is InChI=1S/C7H16N2O2S2/c8-3-1-5-13(10,11)9-7-2-4-12-6-7/h7,9H,1-6,8H2. The molecule has 0 saturated carbocycles. The fourth-order valence-electron chi connectivity index (χ4n) is 1.21. The van der Waals surface area contributed by atoms with Crippen molar-refractivity contribution in [2.75, 3.05) is 23.8 Å². The molecule has 0 aromatic carbocycles. The first-order chi connectivity index (χ1) is 6.14. The summed E-state index contributed by atoms with van der Waals surface area (Å²) in [6.45, 7) is 0.431. The molecule has 4 nitrogen and oxygen atoms in total. The first kappa shape index (κ1) is 11.3. The van der Waals surface area contributed by atoms with Crippen LogP contribution in [-0.2, 0) is 10.0 Å². The Labute approximate surface area is 83.7 Å². The molecule has 1 heterocycles. The van der Waals surface area contributed by atoms with Gasteiger partial charge in [-0.05, 0) is 25.1 Å². The second-order valence-corrected chi connectivity index (χ2v) is 6.16. The smallest absolute Gasteiger partial charge is 0.211 e. The number of nitrogens with one attached hydrogen (secondary N) is 1. The van der Waals surface area contributed by atoms with Crippen LogP contribution in [0.4, 0.5) is 0 Å². The average Bonchev–Trinajstić information content (AvgIpc) is 2.52. The molecule has 1 unspecified atom stereocenters. The highest BCUT2D eigenvalue weighted by atomic mass is 32.2. The van der Waals surface area contributed by atoms with Crippen LogP contribution in [0.5, 0.6) is 0 Å². The SMILES string of the molecule is NCCCS(=O)(=O)NC1CCSC1. The van der Waals surface area contributed by atoms with Gasteiger partial charge in [-0.1, -0.05) is 0 Å². The van der Waals surface area contributed by atoms with Gasteiger partial charge >= 0.3 is 0 Å². The largest absolute Gasteiger partial charge is 0.330 e. The Bertz CT molecular complexity index is 235. The van der Waals surface area contributed by atoms with Crippen LogP contribution in [0.2, 0.25) is 0 Å². The lowest BCUT2D eigenvalue weighted by molar-refractivity contribution is 0.561. The highest BCUT2D eigenvalue weighted by molar-refractivity contribution is 7.99. The molecule has 0 spiro atoms. The van der Waals surface area contributed by atoms with Crippen molar-refractivity contribution in [3.05, 3.63) is 0 Å². The summed E-state index contributed by atoms with van der Waals surface area (Å²) in [6, 6.07) is 0.146. The zero-order chi connectivity index (χ0) is 9.73. The van der Waals surface area contributed by atoms with Crippen LogP contribution in [0.15, 0.2) is 0 Å². The van der Waals surface area contributed by atoms with Crippen molar-refractivity contribution in [3.8, 4) is 0 Å². The van der Waals surface area contributed by atoms with Gasteiger partial charge in [0.05, 0.1) is 5.75 Å². The van der Waals surface area contributed by atoms with Crippen LogP contribution in [0.1, 0.15) is 12.8 Å². The Morgan fingerprint density at radius 3 is 2.85 bits per heavy atom. The van der Waals surface area contributed by atoms with Crippen LogP contribution < -0.4 is 10.5 Å². The molecule has 0 aromatic rings. The minimum absolute atomic E-state index is 0.146. The topological polar surface area (TPSA) is 72.2 Å². The lowest BCUT2D eigenvalue weighted by Crippen LogP contribution is -2.36. The highest BCUT2D eigenvalue weighted by Gasteiger charge is 2.20. The van der Waals surface area contributed by atoms with E-state index >= 15 is 0 Å². The van der Waals surface area contributed by atoms with Crippen molar-refractivity contribution < 1.29 is 8.42 Å². The van der Waals surface area contributed by atoms with E-state index in [0.29, 0.717) is 13.0 Å². The summed E-state index contributed by atoms with van der Waals surface area (Å²) < 4.78 is 25.4. The summed E-state index contributed by atoms with van der Waals surface area (Å²) in [5.41, 5.74) is 5.25. The summed E-state index contributed by atoms with van der Waals surface area (Å²) in [5.74, 6) is 2.12. The maximum Gasteiger partial charge on any atom is 0.211 e. The van der Waals surface area contributed by atoms with Gasteiger partial charge in [0, 0.05) is 11.8 Å². The number of sulfonamides is 1. The first-order valence-electron chi connectivity index (χ1n) is 4.42. The molecule has 1 atom stereocenters. The maximum absolute atomic E-state index is 11.4. The van der Waals surface area contributed by atoms with Crippen molar-refractivity contribution in [2.45, 2.75) is 18.9 Å². The third kappa shape index (κ3) is 4.30. The van der Waals surface area contributed by atoms with E-state index in [1.54, 1.807) is 11.8 Å². The minimum Gasteiger partial charge on any atom is -0.330 e. The van der Waals surface area contributed by atoms with E-state index < -0.39 is 10.0 Å². The second-order valence-electron chi connectivity index (χ2n) is 3.14. The third-order valence-corrected chi connectivity index (χ3v) is 4.57. The number of nitrogens with two attached hydrogens (primary N) is 1. The van der Waals surface area contributed by atoms with Gasteiger partial charge in [-0.2, -0.15) is 11.8 Å². The Hall–Kier alpha value is 0.220. The van der Waals surface area contributed by atoms with Crippen molar-refractivity contribution in [1.82, 2.24) is 4.72 Å². The molecular weight excluding hydrogens is 208 g/mol. The normalized spacial score (nSPS) is 23.6. The summed E-state index contributed by atoms with van der Waals surface area (Å²) in [5, 5.41) is 0. The molecule has 1 fully saturated rings. The third-order valence-electron chi connectivity index (χ3n) is 1.89. The van der Waals surface area contributed by atoms with E-state index in [1.807, 2.05) is 0 Å². The molecule has 0 aliphatic carbocycles. The van der Waals surface area contributed by atoms with Gasteiger partial charge in [0.15, 0.2) is 0 Å². The Morgan fingerprint density at radius 2 is 2.31 bits per heavy atom. The van der Waals surface area contributed by atoms with E-state index in [-0.39, 0.29) is 11.8 Å². The molecule has 0 aromatic heterocycles. The molecule has 0 amide bonds. The minimum atomic E-state index is -3.07. The Kier molecular flexibility index (Phi) is 4.51. The number of thioether (sulfide) groups is 1. The molecule has 0 bridgehead atoms. The molecule has 1 aliphatic rings. The van der Waals surface area contributed by atoms with Gasteiger partial charge < -0.3 is 5.73 Å². The second kappa shape index (κ2) is 5.19. The summed E-state index contributed by atoms with van der Waals surface area (Å²) >= 11 is 1.80. The summed E-state index contributed by atoms with van der Waals surface area (Å²) in [4.78, 5) is 0. The van der Waals surface area contributed by atoms with E-state index in [4.69, 9.17) is 5.73 Å². The van der Waals surface area contributed by atoms with E-state index in [2.05, 4.69) is 4.72 Å². The fourth-order valence-corrected chi connectivity index (χ4v) is 3.85. The van der Waals surface area contributed by atoms with E-state index in [0.717, 1.165) is 17.9 Å². The van der Waals surface area contributed by atoms with Crippen LogP contribution in [0.25, 0.3) is 0 Å². The fraction of sp³-hybridized carbons (Fsp3) is 1.00. The number of hydrogen-bond acceptors (Lipinski definition) is 4. The van der Waals surface area contributed by atoms with Gasteiger partial charge in [0.2, 0.25) is 10.0 Å². The average molecular weight is 224 g/mol. The molecule has 78 valence electrons. The molecule has 0 radical (unpaired) electrons. The predicted molar refractivity (Wildman–Crippen MR) is 56.3 cm³/mol. The molecule has 1 aliphatic heterocycles. The zero-order valence-electron chi connectivity index (χ0n) is 7.53. The van der Waals surface area contributed by atoms with Gasteiger partial charge in [-0.3, -0.25) is 0 Å². The maximum atomic E-state index is 11.4. The van der Waals surface area contributed by atoms with Crippen LogP contribution in [-0.4, -0.2) is 38.3 Å².